The molecule has 0 aromatic heterocycles. The first-order valence-corrected chi connectivity index (χ1v) is 6.75. The van der Waals surface area contributed by atoms with Gasteiger partial charge in [0.25, 0.3) is 0 Å². The van der Waals surface area contributed by atoms with Crippen LogP contribution in [-0.4, -0.2) is 48.3 Å². The molecule has 0 amide bonds. The van der Waals surface area contributed by atoms with Crippen LogP contribution >= 0.6 is 0 Å². The third-order valence-electron chi connectivity index (χ3n) is 4.30. The maximum atomic E-state index is 9.56. The Morgan fingerprint density at radius 1 is 1.38 bits per heavy atom. The van der Waals surface area contributed by atoms with Crippen molar-refractivity contribution in [2.24, 2.45) is 5.92 Å². The molecule has 2 unspecified atom stereocenters. The Hall–Kier alpha value is -0.120. The molecule has 0 aliphatic heterocycles. The van der Waals surface area contributed by atoms with E-state index >= 15 is 0 Å². The number of nitrogens with zero attached hydrogens (tertiary/aromatic N) is 1. The van der Waals surface area contributed by atoms with Gasteiger partial charge in [0.05, 0.1) is 6.61 Å². The van der Waals surface area contributed by atoms with Crippen molar-refractivity contribution in [3.8, 4) is 0 Å². The molecule has 94 valence electrons. The second kappa shape index (κ2) is 5.03. The lowest BCUT2D eigenvalue weighted by molar-refractivity contribution is 0.151. The lowest BCUT2D eigenvalue weighted by Gasteiger charge is -2.30. The SMILES string of the molecule is CCNC1(CO)CCC(N(C)CC2CC2)C1. The van der Waals surface area contributed by atoms with Gasteiger partial charge in [-0.15, -0.1) is 0 Å². The molecule has 0 aromatic carbocycles. The maximum Gasteiger partial charge on any atom is 0.0613 e. The molecular formula is C13H26N2O. The molecule has 0 aromatic rings. The molecular weight excluding hydrogens is 200 g/mol. The normalized spacial score (nSPS) is 34.9. The largest absolute Gasteiger partial charge is 0.394 e. The van der Waals surface area contributed by atoms with Crippen molar-refractivity contribution in [3.05, 3.63) is 0 Å². The van der Waals surface area contributed by atoms with E-state index in [0.717, 1.165) is 25.3 Å². The summed E-state index contributed by atoms with van der Waals surface area (Å²) in [7, 11) is 2.25. The predicted molar refractivity (Wildman–Crippen MR) is 66.5 cm³/mol. The van der Waals surface area contributed by atoms with Gasteiger partial charge < -0.3 is 15.3 Å². The second-order valence-corrected chi connectivity index (χ2v) is 5.75. The van der Waals surface area contributed by atoms with E-state index in [0.29, 0.717) is 6.04 Å². The lowest BCUT2D eigenvalue weighted by Crippen LogP contribution is -2.47. The summed E-state index contributed by atoms with van der Waals surface area (Å²) in [6.07, 6.45) is 6.32. The topological polar surface area (TPSA) is 35.5 Å². The standard InChI is InChI=1S/C13H26N2O/c1-3-14-13(10-16)7-6-12(8-13)15(2)9-11-4-5-11/h11-12,14,16H,3-10H2,1-2H3. The van der Waals surface area contributed by atoms with Gasteiger partial charge in [-0.25, -0.2) is 0 Å². The Balaban J connectivity index is 1.84. The zero-order valence-electron chi connectivity index (χ0n) is 10.7. The molecule has 2 fully saturated rings. The fraction of sp³-hybridized carbons (Fsp3) is 1.00. The summed E-state index contributed by atoms with van der Waals surface area (Å²) < 4.78 is 0. The first-order valence-electron chi connectivity index (χ1n) is 6.75. The Bertz CT molecular complexity index is 230. The van der Waals surface area contributed by atoms with Crippen LogP contribution in [0.3, 0.4) is 0 Å². The number of nitrogens with one attached hydrogen (secondary N) is 1. The molecule has 0 bridgehead atoms. The highest BCUT2D eigenvalue weighted by molar-refractivity contribution is 4.99. The average Bonchev–Trinajstić information content (AvgIpc) is 2.97. The first-order chi connectivity index (χ1) is 7.69. The van der Waals surface area contributed by atoms with Crippen molar-refractivity contribution in [2.45, 2.75) is 50.6 Å². The van der Waals surface area contributed by atoms with E-state index in [4.69, 9.17) is 0 Å². The van der Waals surface area contributed by atoms with E-state index in [1.807, 2.05) is 0 Å². The van der Waals surface area contributed by atoms with Gasteiger partial charge in [-0.3, -0.25) is 0 Å². The van der Waals surface area contributed by atoms with Crippen LogP contribution in [0.15, 0.2) is 0 Å². The lowest BCUT2D eigenvalue weighted by atomic mass is 9.98. The van der Waals surface area contributed by atoms with Crippen LogP contribution in [0.25, 0.3) is 0 Å². The Kier molecular flexibility index (Phi) is 3.88. The van der Waals surface area contributed by atoms with Crippen molar-refractivity contribution < 1.29 is 5.11 Å². The van der Waals surface area contributed by atoms with Crippen molar-refractivity contribution in [1.82, 2.24) is 10.2 Å². The number of aliphatic hydroxyl groups excluding tert-OH is 1. The Morgan fingerprint density at radius 3 is 2.69 bits per heavy atom. The third kappa shape index (κ3) is 2.76. The number of hydrogen-bond acceptors (Lipinski definition) is 3. The monoisotopic (exact) mass is 226 g/mol. The molecule has 2 aliphatic carbocycles. The van der Waals surface area contributed by atoms with Crippen molar-refractivity contribution in [1.29, 1.82) is 0 Å². The van der Waals surface area contributed by atoms with E-state index < -0.39 is 0 Å². The minimum absolute atomic E-state index is 0.0111. The highest BCUT2D eigenvalue weighted by Crippen LogP contribution is 2.35. The first kappa shape index (κ1) is 12.3. The van der Waals surface area contributed by atoms with Crippen molar-refractivity contribution >= 4 is 0 Å². The van der Waals surface area contributed by atoms with E-state index in [-0.39, 0.29) is 12.1 Å². The van der Waals surface area contributed by atoms with Gasteiger partial charge in [-0.2, -0.15) is 0 Å². The minimum Gasteiger partial charge on any atom is -0.394 e. The van der Waals surface area contributed by atoms with Crippen LogP contribution in [0.4, 0.5) is 0 Å². The number of likely N-dealkylation sites (N-methyl/N-ethyl adjacent to an activating group) is 1. The zero-order chi connectivity index (χ0) is 11.6. The van der Waals surface area contributed by atoms with Crippen LogP contribution in [0.5, 0.6) is 0 Å². The van der Waals surface area contributed by atoms with Crippen LogP contribution in [0.1, 0.15) is 39.0 Å². The second-order valence-electron chi connectivity index (χ2n) is 5.75. The van der Waals surface area contributed by atoms with Gasteiger partial charge in [0, 0.05) is 18.1 Å². The van der Waals surface area contributed by atoms with E-state index in [1.54, 1.807) is 0 Å². The molecule has 2 saturated carbocycles. The van der Waals surface area contributed by atoms with Gasteiger partial charge >= 0.3 is 0 Å². The molecule has 0 heterocycles. The fourth-order valence-electron chi connectivity index (χ4n) is 3.07. The van der Waals surface area contributed by atoms with Crippen molar-refractivity contribution in [3.63, 3.8) is 0 Å². The average molecular weight is 226 g/mol. The maximum absolute atomic E-state index is 9.56. The molecule has 3 heteroatoms. The number of rotatable bonds is 6. The van der Waals surface area contributed by atoms with Gasteiger partial charge in [0.2, 0.25) is 0 Å². The van der Waals surface area contributed by atoms with Crippen LogP contribution in [-0.2, 0) is 0 Å². The van der Waals surface area contributed by atoms with Gasteiger partial charge in [0.1, 0.15) is 0 Å². The molecule has 0 radical (unpaired) electrons. The number of hydrogen-bond donors (Lipinski definition) is 2. The quantitative estimate of drug-likeness (QED) is 0.715. The van der Waals surface area contributed by atoms with Crippen LogP contribution in [0.2, 0.25) is 0 Å². The van der Waals surface area contributed by atoms with E-state index in [9.17, 15) is 5.11 Å². The highest BCUT2D eigenvalue weighted by atomic mass is 16.3. The summed E-state index contributed by atoms with van der Waals surface area (Å²) in [5.41, 5.74) is 0.0111. The summed E-state index contributed by atoms with van der Waals surface area (Å²) in [4.78, 5) is 2.52. The number of aliphatic hydroxyl groups is 1. The Labute approximate surface area is 99.2 Å². The minimum atomic E-state index is 0.0111. The van der Waals surface area contributed by atoms with Crippen LogP contribution < -0.4 is 5.32 Å². The third-order valence-corrected chi connectivity index (χ3v) is 4.30. The summed E-state index contributed by atoms with van der Waals surface area (Å²) in [6, 6.07) is 0.673. The molecule has 2 aliphatic rings. The fourth-order valence-corrected chi connectivity index (χ4v) is 3.07. The van der Waals surface area contributed by atoms with Crippen LogP contribution in [0, 0.1) is 5.92 Å². The summed E-state index contributed by atoms with van der Waals surface area (Å²) >= 11 is 0. The van der Waals surface area contributed by atoms with Gasteiger partial charge in [0.15, 0.2) is 0 Å². The van der Waals surface area contributed by atoms with Gasteiger partial charge in [-0.05, 0) is 51.6 Å². The Morgan fingerprint density at radius 2 is 2.12 bits per heavy atom. The summed E-state index contributed by atoms with van der Waals surface area (Å²) in [5, 5.41) is 13.0. The van der Waals surface area contributed by atoms with E-state index in [2.05, 4.69) is 24.2 Å². The highest BCUT2D eigenvalue weighted by Gasteiger charge is 2.40. The molecule has 2 rings (SSSR count). The van der Waals surface area contributed by atoms with Gasteiger partial charge in [-0.1, -0.05) is 6.92 Å². The van der Waals surface area contributed by atoms with Crippen molar-refractivity contribution in [2.75, 3.05) is 26.7 Å². The zero-order valence-corrected chi connectivity index (χ0v) is 10.7. The molecule has 0 spiro atoms. The predicted octanol–water partition coefficient (Wildman–Crippen LogP) is 1.22. The summed E-state index contributed by atoms with van der Waals surface area (Å²) in [5.74, 6) is 0.966. The molecule has 2 atom stereocenters. The smallest absolute Gasteiger partial charge is 0.0613 e. The molecule has 16 heavy (non-hydrogen) atoms. The molecule has 0 saturated heterocycles. The van der Waals surface area contributed by atoms with E-state index in [1.165, 1.54) is 25.8 Å². The molecule has 3 nitrogen and oxygen atoms in total. The molecule has 2 N–H and O–H groups in total. The summed E-state index contributed by atoms with van der Waals surface area (Å²) in [6.45, 7) is 4.63.